The number of hydrogen-bond donors (Lipinski definition) is 0. The monoisotopic (exact) mass is 294 g/mol. The summed E-state index contributed by atoms with van der Waals surface area (Å²) in [6.07, 6.45) is 7.79. The largest absolute Gasteiger partial charge is 0.469 e. The Labute approximate surface area is 124 Å². The van der Waals surface area contributed by atoms with Crippen LogP contribution in [0.1, 0.15) is 39.0 Å². The van der Waals surface area contributed by atoms with Gasteiger partial charge in [0.15, 0.2) is 0 Å². The van der Waals surface area contributed by atoms with Gasteiger partial charge in [0.05, 0.1) is 19.3 Å². The van der Waals surface area contributed by atoms with Crippen LogP contribution in [0.5, 0.6) is 0 Å². The van der Waals surface area contributed by atoms with Gasteiger partial charge >= 0.3 is 11.9 Å². The van der Waals surface area contributed by atoms with Gasteiger partial charge in [-0.05, 0) is 32.1 Å². The Morgan fingerprint density at radius 3 is 2.24 bits per heavy atom. The summed E-state index contributed by atoms with van der Waals surface area (Å²) < 4.78 is 16.3. The Morgan fingerprint density at radius 2 is 1.71 bits per heavy atom. The predicted molar refractivity (Wildman–Crippen MR) is 74.4 cm³/mol. The number of carbonyl (C=O) groups is 2. The number of rotatable bonds is 4. The number of hydrogen-bond acceptors (Lipinski definition) is 5. The molecule has 3 aliphatic rings. The quantitative estimate of drug-likeness (QED) is 0.586. The second kappa shape index (κ2) is 5.44. The van der Waals surface area contributed by atoms with E-state index in [1.807, 2.05) is 19.1 Å². The lowest BCUT2D eigenvalue weighted by Crippen LogP contribution is -2.42. The summed E-state index contributed by atoms with van der Waals surface area (Å²) in [6, 6.07) is 0. The van der Waals surface area contributed by atoms with E-state index in [9.17, 15) is 9.59 Å². The fourth-order valence-corrected chi connectivity index (χ4v) is 3.83. The van der Waals surface area contributed by atoms with Gasteiger partial charge < -0.3 is 14.2 Å². The minimum absolute atomic E-state index is 0.314. The van der Waals surface area contributed by atoms with Crippen LogP contribution in [0.4, 0.5) is 0 Å². The lowest BCUT2D eigenvalue weighted by Gasteiger charge is -2.31. The fourth-order valence-electron chi connectivity index (χ4n) is 3.83. The van der Waals surface area contributed by atoms with Crippen LogP contribution >= 0.6 is 0 Å². The summed E-state index contributed by atoms with van der Waals surface area (Å²) in [4.78, 5) is 24.6. The minimum atomic E-state index is -0.576. The standard InChI is InChI=1S/C16H22O5/c1-3-16(8-4-5-9-16)21-15(18)13-11-7-6-10(20-11)12(13)14(17)19-2/h6-7,10-13H,3-5,8-9H2,1-2H3. The zero-order valence-electron chi connectivity index (χ0n) is 12.5. The number of ether oxygens (including phenoxy) is 3. The molecule has 2 heterocycles. The van der Waals surface area contributed by atoms with Gasteiger partial charge in [-0.1, -0.05) is 19.1 Å². The van der Waals surface area contributed by atoms with E-state index < -0.39 is 17.8 Å². The molecule has 21 heavy (non-hydrogen) atoms. The van der Waals surface area contributed by atoms with Crippen molar-refractivity contribution in [3.63, 3.8) is 0 Å². The summed E-state index contributed by atoms with van der Waals surface area (Å²) >= 11 is 0. The molecular weight excluding hydrogens is 272 g/mol. The third-order valence-corrected chi connectivity index (χ3v) is 5.12. The van der Waals surface area contributed by atoms with Gasteiger partial charge in [-0.15, -0.1) is 0 Å². The first-order valence-electron chi connectivity index (χ1n) is 7.75. The lowest BCUT2D eigenvalue weighted by molar-refractivity contribution is -0.170. The van der Waals surface area contributed by atoms with E-state index in [2.05, 4.69) is 0 Å². The average molecular weight is 294 g/mol. The van der Waals surface area contributed by atoms with Crippen molar-refractivity contribution >= 4 is 11.9 Å². The Morgan fingerprint density at radius 1 is 1.14 bits per heavy atom. The smallest absolute Gasteiger partial charge is 0.313 e. The Balaban J connectivity index is 1.77. The summed E-state index contributed by atoms with van der Waals surface area (Å²) in [5, 5.41) is 0. The normalized spacial score (nSPS) is 35.9. The third-order valence-electron chi connectivity index (χ3n) is 5.12. The van der Waals surface area contributed by atoms with Crippen LogP contribution in [0, 0.1) is 11.8 Å². The predicted octanol–water partition coefficient (Wildman–Crippen LogP) is 2.00. The number of methoxy groups -OCH3 is 1. The second-order valence-corrected chi connectivity index (χ2v) is 6.19. The summed E-state index contributed by atoms with van der Waals surface area (Å²) in [5.41, 5.74) is -0.344. The van der Waals surface area contributed by atoms with Gasteiger partial charge in [0.25, 0.3) is 0 Å². The summed E-state index contributed by atoms with van der Waals surface area (Å²) in [5.74, 6) is -1.86. The molecule has 0 aromatic heterocycles. The Bertz CT molecular complexity index is 463. The van der Waals surface area contributed by atoms with E-state index in [1.165, 1.54) is 7.11 Å². The lowest BCUT2D eigenvalue weighted by atomic mass is 9.83. The van der Waals surface area contributed by atoms with Gasteiger partial charge in [0, 0.05) is 0 Å². The summed E-state index contributed by atoms with van der Waals surface area (Å²) in [6.45, 7) is 2.05. The van der Waals surface area contributed by atoms with Crippen molar-refractivity contribution in [1.82, 2.24) is 0 Å². The van der Waals surface area contributed by atoms with Crippen LogP contribution in [-0.4, -0.2) is 36.9 Å². The SMILES string of the molecule is CCC1(OC(=O)C2C3C=CC(O3)C2C(=O)OC)CCCC1. The molecule has 2 fully saturated rings. The van der Waals surface area contributed by atoms with Crippen LogP contribution in [0.25, 0.3) is 0 Å². The number of esters is 2. The van der Waals surface area contributed by atoms with Crippen molar-refractivity contribution in [3.8, 4) is 0 Å². The van der Waals surface area contributed by atoms with Crippen molar-refractivity contribution < 1.29 is 23.8 Å². The van der Waals surface area contributed by atoms with E-state index >= 15 is 0 Å². The molecule has 1 saturated heterocycles. The number of fused-ring (bicyclic) bond motifs is 2. The van der Waals surface area contributed by atoms with Crippen molar-refractivity contribution in [1.29, 1.82) is 0 Å². The Hall–Kier alpha value is -1.36. The molecule has 2 aliphatic heterocycles. The van der Waals surface area contributed by atoms with Gasteiger partial charge in [-0.2, -0.15) is 0 Å². The highest BCUT2D eigenvalue weighted by molar-refractivity contribution is 5.85. The van der Waals surface area contributed by atoms with Crippen LogP contribution in [0.2, 0.25) is 0 Å². The van der Waals surface area contributed by atoms with Crippen LogP contribution in [0.3, 0.4) is 0 Å². The molecule has 0 aromatic rings. The number of carbonyl (C=O) groups excluding carboxylic acids is 2. The van der Waals surface area contributed by atoms with Crippen LogP contribution < -0.4 is 0 Å². The molecule has 4 atom stereocenters. The van der Waals surface area contributed by atoms with Crippen molar-refractivity contribution in [2.24, 2.45) is 11.8 Å². The maximum absolute atomic E-state index is 12.6. The molecule has 5 nitrogen and oxygen atoms in total. The van der Waals surface area contributed by atoms with Crippen molar-refractivity contribution in [2.45, 2.75) is 56.8 Å². The first-order valence-corrected chi connectivity index (χ1v) is 7.75. The van der Waals surface area contributed by atoms with Crippen LogP contribution in [0.15, 0.2) is 12.2 Å². The zero-order chi connectivity index (χ0) is 15.0. The molecular formula is C16H22O5. The molecule has 0 radical (unpaired) electrons. The first-order chi connectivity index (χ1) is 10.1. The molecule has 0 spiro atoms. The van der Waals surface area contributed by atoms with E-state index in [0.29, 0.717) is 0 Å². The van der Waals surface area contributed by atoms with Gasteiger partial charge in [-0.3, -0.25) is 9.59 Å². The maximum atomic E-state index is 12.6. The average Bonchev–Trinajstić information content (AvgIpc) is 3.21. The van der Waals surface area contributed by atoms with Crippen molar-refractivity contribution in [2.75, 3.05) is 7.11 Å². The summed E-state index contributed by atoms with van der Waals surface area (Å²) in [7, 11) is 1.34. The molecule has 116 valence electrons. The van der Waals surface area contributed by atoms with E-state index in [4.69, 9.17) is 14.2 Å². The maximum Gasteiger partial charge on any atom is 0.313 e. The first kappa shape index (κ1) is 14.6. The molecule has 0 amide bonds. The molecule has 1 aliphatic carbocycles. The molecule has 1 saturated carbocycles. The van der Waals surface area contributed by atoms with Gasteiger partial charge in [0.1, 0.15) is 17.4 Å². The third kappa shape index (κ3) is 2.37. The molecule has 5 heteroatoms. The van der Waals surface area contributed by atoms with Gasteiger partial charge in [-0.25, -0.2) is 0 Å². The van der Waals surface area contributed by atoms with E-state index in [1.54, 1.807) is 0 Å². The highest BCUT2D eigenvalue weighted by atomic mass is 16.6. The van der Waals surface area contributed by atoms with E-state index in [-0.39, 0.29) is 23.8 Å². The van der Waals surface area contributed by atoms with Crippen molar-refractivity contribution in [3.05, 3.63) is 12.2 Å². The molecule has 0 aromatic carbocycles. The second-order valence-electron chi connectivity index (χ2n) is 6.19. The van der Waals surface area contributed by atoms with E-state index in [0.717, 1.165) is 32.1 Å². The molecule has 0 N–H and O–H groups in total. The Kier molecular flexibility index (Phi) is 3.78. The molecule has 3 rings (SSSR count). The van der Waals surface area contributed by atoms with Gasteiger partial charge in [0.2, 0.25) is 0 Å². The molecule has 2 bridgehead atoms. The fraction of sp³-hybridized carbons (Fsp3) is 0.750. The minimum Gasteiger partial charge on any atom is -0.469 e. The zero-order valence-corrected chi connectivity index (χ0v) is 12.5. The van der Waals surface area contributed by atoms with Crippen LogP contribution in [-0.2, 0) is 23.8 Å². The highest BCUT2D eigenvalue weighted by Crippen LogP contribution is 2.43. The molecule has 4 unspecified atom stereocenters. The topological polar surface area (TPSA) is 61.8 Å². The highest BCUT2D eigenvalue weighted by Gasteiger charge is 2.55.